The fourth-order valence-corrected chi connectivity index (χ4v) is 2.65. The largest absolute Gasteiger partial charge is 0.394 e. The molecule has 1 aromatic heterocycles. The molecule has 0 radical (unpaired) electrons. The number of aliphatic hydroxyl groups is 3. The maximum absolute atomic E-state index is 12.1. The van der Waals surface area contributed by atoms with Gasteiger partial charge in [-0.05, 0) is 6.42 Å². The first-order valence-corrected chi connectivity index (χ1v) is 6.86. The van der Waals surface area contributed by atoms with Crippen LogP contribution in [-0.4, -0.2) is 49.8 Å². The van der Waals surface area contributed by atoms with Crippen LogP contribution in [0.15, 0.2) is 9.59 Å². The number of hydrogen-bond donors (Lipinski definition) is 4. The summed E-state index contributed by atoms with van der Waals surface area (Å²) in [5.74, 6) is 0. The molecule has 0 amide bonds. The Hall–Kier alpha value is -1.48. The third kappa shape index (κ3) is 2.67. The van der Waals surface area contributed by atoms with E-state index in [-0.39, 0.29) is 5.56 Å². The highest BCUT2D eigenvalue weighted by Crippen LogP contribution is 2.33. The second-order valence-electron chi connectivity index (χ2n) is 5.19. The minimum Gasteiger partial charge on any atom is -0.394 e. The van der Waals surface area contributed by atoms with Gasteiger partial charge in [0.25, 0.3) is 5.56 Å². The first-order valence-electron chi connectivity index (χ1n) is 6.86. The number of hydrogen-bond acceptors (Lipinski definition) is 6. The lowest BCUT2D eigenvalue weighted by molar-refractivity contribution is -0.0236. The summed E-state index contributed by atoms with van der Waals surface area (Å²) in [7, 11) is 1.52. The van der Waals surface area contributed by atoms with Crippen LogP contribution >= 0.6 is 0 Å². The highest BCUT2D eigenvalue weighted by molar-refractivity contribution is 5.24. The molecule has 4 atom stereocenters. The fourth-order valence-electron chi connectivity index (χ4n) is 2.65. The second-order valence-corrected chi connectivity index (χ2v) is 5.19. The Morgan fingerprint density at radius 1 is 1.29 bits per heavy atom. The fraction of sp³-hybridized carbons (Fsp3) is 0.692. The van der Waals surface area contributed by atoms with Gasteiger partial charge in [-0.25, -0.2) is 4.79 Å². The van der Waals surface area contributed by atoms with E-state index in [0.717, 1.165) is 0 Å². The number of nitrogens with one attached hydrogen (secondary N) is 1. The molecule has 118 valence electrons. The molecule has 1 saturated heterocycles. The second kappa shape index (κ2) is 6.10. The predicted molar refractivity (Wildman–Crippen MR) is 73.0 cm³/mol. The zero-order chi connectivity index (χ0) is 15.7. The third-order valence-corrected chi connectivity index (χ3v) is 3.80. The van der Waals surface area contributed by atoms with Crippen LogP contribution in [0.2, 0.25) is 0 Å². The van der Waals surface area contributed by atoms with E-state index in [0.29, 0.717) is 18.5 Å². The van der Waals surface area contributed by atoms with Crippen molar-refractivity contribution in [2.75, 3.05) is 6.61 Å². The van der Waals surface area contributed by atoms with E-state index in [1.54, 1.807) is 0 Å². The van der Waals surface area contributed by atoms with E-state index < -0.39 is 42.3 Å². The van der Waals surface area contributed by atoms with Crippen LogP contribution in [0.3, 0.4) is 0 Å². The first kappa shape index (κ1) is 15.9. The molecular formula is C13H20N2O6. The number of H-pyrrole nitrogens is 1. The van der Waals surface area contributed by atoms with Crippen molar-refractivity contribution in [3.8, 4) is 0 Å². The number of nitrogens with zero attached hydrogens (tertiary/aromatic N) is 1. The van der Waals surface area contributed by atoms with Crippen molar-refractivity contribution in [1.29, 1.82) is 0 Å². The average Bonchev–Trinajstić information content (AvgIpc) is 2.73. The van der Waals surface area contributed by atoms with E-state index >= 15 is 0 Å². The van der Waals surface area contributed by atoms with Gasteiger partial charge in [-0.2, -0.15) is 0 Å². The van der Waals surface area contributed by atoms with E-state index in [9.17, 15) is 19.8 Å². The number of ether oxygens (including phenoxy) is 1. The molecule has 0 aromatic carbocycles. The summed E-state index contributed by atoms with van der Waals surface area (Å²) >= 11 is 0. The zero-order valence-electron chi connectivity index (χ0n) is 11.9. The molecule has 2 heterocycles. The summed E-state index contributed by atoms with van der Waals surface area (Å²) in [6, 6.07) is 0. The van der Waals surface area contributed by atoms with Crippen LogP contribution < -0.4 is 11.2 Å². The van der Waals surface area contributed by atoms with Gasteiger partial charge in [0, 0.05) is 12.7 Å². The number of rotatable bonds is 4. The van der Waals surface area contributed by atoms with Crippen LogP contribution in [0.5, 0.6) is 0 Å². The molecule has 0 saturated carbocycles. The molecule has 0 unspecified atom stereocenters. The van der Waals surface area contributed by atoms with E-state index in [2.05, 4.69) is 4.98 Å². The zero-order valence-corrected chi connectivity index (χ0v) is 11.9. The number of aromatic amines is 1. The Labute approximate surface area is 120 Å². The van der Waals surface area contributed by atoms with Crippen LogP contribution in [-0.2, 0) is 18.2 Å². The molecular weight excluding hydrogens is 280 g/mol. The Balaban J connectivity index is 2.56. The standard InChI is InChI=1S/C13H20N2O6/c1-3-4-6-8(12(19)14-13(20)15(6)2)11-10(18)9(17)7(5-16)21-11/h7,9-11,16-18H,3-5H2,1-2H3,(H,14,19,20)/t7-,9-,10-,11+/m1/s1. The minimum absolute atomic E-state index is 0.126. The molecule has 1 aliphatic heterocycles. The third-order valence-electron chi connectivity index (χ3n) is 3.80. The van der Waals surface area contributed by atoms with Crippen molar-refractivity contribution in [2.24, 2.45) is 7.05 Å². The topological polar surface area (TPSA) is 125 Å². The van der Waals surface area contributed by atoms with Gasteiger partial charge in [0.05, 0.1) is 12.2 Å². The van der Waals surface area contributed by atoms with Gasteiger partial charge >= 0.3 is 5.69 Å². The highest BCUT2D eigenvalue weighted by Gasteiger charge is 2.45. The number of aliphatic hydroxyl groups excluding tert-OH is 3. The SMILES string of the molecule is CCCc1c([C@@H]2O[C@H](CO)[C@@H](O)[C@H]2O)c(=O)[nH]c(=O)n1C. The minimum atomic E-state index is -1.34. The summed E-state index contributed by atoms with van der Waals surface area (Å²) in [4.78, 5) is 26.0. The maximum atomic E-state index is 12.1. The molecule has 2 rings (SSSR count). The quantitative estimate of drug-likeness (QED) is 0.519. The van der Waals surface area contributed by atoms with Crippen molar-refractivity contribution in [3.63, 3.8) is 0 Å². The molecule has 21 heavy (non-hydrogen) atoms. The molecule has 0 aliphatic carbocycles. The molecule has 8 heteroatoms. The maximum Gasteiger partial charge on any atom is 0.328 e. The molecule has 1 aromatic rings. The van der Waals surface area contributed by atoms with E-state index in [1.807, 2.05) is 6.92 Å². The van der Waals surface area contributed by atoms with Crippen molar-refractivity contribution in [1.82, 2.24) is 9.55 Å². The Morgan fingerprint density at radius 2 is 1.95 bits per heavy atom. The predicted octanol–water partition coefficient (Wildman–Crippen LogP) is -1.82. The summed E-state index contributed by atoms with van der Waals surface area (Å²) in [6.07, 6.45) is -3.51. The molecule has 4 N–H and O–H groups in total. The average molecular weight is 300 g/mol. The van der Waals surface area contributed by atoms with Gasteiger partial charge in [0.1, 0.15) is 24.4 Å². The monoisotopic (exact) mass is 300 g/mol. The van der Waals surface area contributed by atoms with Crippen LogP contribution in [0.4, 0.5) is 0 Å². The molecule has 1 aliphatic rings. The summed E-state index contributed by atoms with van der Waals surface area (Å²) in [5.41, 5.74) is -0.599. The molecule has 8 nitrogen and oxygen atoms in total. The first-order chi connectivity index (χ1) is 9.92. The van der Waals surface area contributed by atoms with Crippen molar-refractivity contribution in [2.45, 2.75) is 44.2 Å². The van der Waals surface area contributed by atoms with Crippen molar-refractivity contribution >= 4 is 0 Å². The normalized spacial score (nSPS) is 29.0. The molecule has 1 fully saturated rings. The Kier molecular flexibility index (Phi) is 4.62. The van der Waals surface area contributed by atoms with Gasteiger partial charge in [0.2, 0.25) is 0 Å². The summed E-state index contributed by atoms with van der Waals surface area (Å²) < 4.78 is 6.70. The Morgan fingerprint density at radius 3 is 2.48 bits per heavy atom. The van der Waals surface area contributed by atoms with Gasteiger partial charge in [-0.1, -0.05) is 13.3 Å². The summed E-state index contributed by atoms with van der Waals surface area (Å²) in [5, 5.41) is 29.0. The summed E-state index contributed by atoms with van der Waals surface area (Å²) in [6.45, 7) is 1.42. The molecule has 0 bridgehead atoms. The van der Waals surface area contributed by atoms with Crippen LogP contribution in [0.25, 0.3) is 0 Å². The van der Waals surface area contributed by atoms with Crippen LogP contribution in [0, 0.1) is 0 Å². The smallest absolute Gasteiger partial charge is 0.328 e. The lowest BCUT2D eigenvalue weighted by atomic mass is 9.99. The van der Waals surface area contributed by atoms with E-state index in [1.165, 1.54) is 11.6 Å². The lowest BCUT2D eigenvalue weighted by Crippen LogP contribution is -2.38. The van der Waals surface area contributed by atoms with Gasteiger partial charge in [0.15, 0.2) is 0 Å². The van der Waals surface area contributed by atoms with Crippen LogP contribution in [0.1, 0.15) is 30.7 Å². The van der Waals surface area contributed by atoms with E-state index in [4.69, 9.17) is 9.84 Å². The highest BCUT2D eigenvalue weighted by atomic mass is 16.6. The van der Waals surface area contributed by atoms with Crippen molar-refractivity contribution < 1.29 is 20.1 Å². The molecule has 0 spiro atoms. The van der Waals surface area contributed by atoms with Gasteiger partial charge in [-0.15, -0.1) is 0 Å². The van der Waals surface area contributed by atoms with Gasteiger partial charge < -0.3 is 24.6 Å². The lowest BCUT2D eigenvalue weighted by Gasteiger charge is -2.19. The van der Waals surface area contributed by atoms with Gasteiger partial charge in [-0.3, -0.25) is 9.78 Å². The number of aromatic nitrogens is 2. The Bertz CT molecular complexity index is 622. The van der Waals surface area contributed by atoms with Crippen molar-refractivity contribution in [3.05, 3.63) is 32.1 Å².